The highest BCUT2D eigenvalue weighted by molar-refractivity contribution is 5.86. The van der Waals surface area contributed by atoms with Crippen LogP contribution in [-0.4, -0.2) is 39.5 Å². The van der Waals surface area contributed by atoms with Crippen LogP contribution in [0.2, 0.25) is 0 Å². The number of aldehydes is 1. The van der Waals surface area contributed by atoms with Crippen molar-refractivity contribution in [3.63, 3.8) is 0 Å². The lowest BCUT2D eigenvalue weighted by Crippen LogP contribution is -2.51. The van der Waals surface area contributed by atoms with Gasteiger partial charge in [0.2, 0.25) is 0 Å². The highest BCUT2D eigenvalue weighted by atomic mass is 16.1. The molecule has 4 rings (SSSR count). The van der Waals surface area contributed by atoms with Crippen LogP contribution in [0, 0.1) is 0 Å². The lowest BCUT2D eigenvalue weighted by atomic mass is 9.93. The van der Waals surface area contributed by atoms with Gasteiger partial charge in [0.1, 0.15) is 6.29 Å². The Kier molecular flexibility index (Phi) is 4.82. The molecule has 1 atom stereocenters. The molecule has 0 aliphatic heterocycles. The van der Waals surface area contributed by atoms with E-state index in [1.165, 1.54) is 0 Å². The fourth-order valence-corrected chi connectivity index (χ4v) is 3.15. The molecule has 0 amide bonds. The Balaban J connectivity index is 1.42. The summed E-state index contributed by atoms with van der Waals surface area (Å²) in [5, 5.41) is 5.27. The molecule has 7 heteroatoms. The highest BCUT2D eigenvalue weighted by Crippen LogP contribution is 2.21. The Labute approximate surface area is 161 Å². The van der Waals surface area contributed by atoms with Crippen LogP contribution in [0.4, 0.5) is 0 Å². The first-order chi connectivity index (χ1) is 13.7. The molecule has 0 fully saturated rings. The zero-order chi connectivity index (χ0) is 19.4. The first-order valence-electron chi connectivity index (χ1n) is 8.94. The molecule has 0 unspecified atom stereocenters. The standard InChI is InChI=1S/C21H20N6O/c22-21(14-28,10-16-12-25-18-4-2-1-3-17(16)18)13-27-26-11-15-5-6-19-20(9-15)24-8-7-23-19/h1-9,11-12,14,25,27H,10,13,22H2/b26-11+/t21-/m0/s1. The number of carbonyl (C=O) groups excluding carboxylic acids is 1. The number of para-hydroxylation sites is 1. The number of nitrogens with zero attached hydrogens (tertiary/aromatic N) is 3. The van der Waals surface area contributed by atoms with Gasteiger partial charge in [-0.1, -0.05) is 24.3 Å². The van der Waals surface area contributed by atoms with Crippen molar-refractivity contribution in [2.45, 2.75) is 12.0 Å². The molecule has 0 saturated heterocycles. The van der Waals surface area contributed by atoms with Gasteiger partial charge in [0.05, 0.1) is 29.3 Å². The first-order valence-corrected chi connectivity index (χ1v) is 8.94. The van der Waals surface area contributed by atoms with E-state index in [1.807, 2.05) is 48.7 Å². The number of nitrogens with one attached hydrogen (secondary N) is 2. The number of carbonyl (C=O) groups is 1. The number of nitrogens with two attached hydrogens (primary N) is 1. The SMILES string of the molecule is N[C@](C=O)(CN/N=C/c1ccc2nccnc2c1)Cc1c[nH]c2ccccc12. The number of hydrogen-bond acceptors (Lipinski definition) is 6. The fourth-order valence-electron chi connectivity index (χ4n) is 3.15. The Morgan fingerprint density at radius 3 is 2.82 bits per heavy atom. The number of hydrogen-bond donors (Lipinski definition) is 3. The van der Waals surface area contributed by atoms with Crippen LogP contribution in [0.1, 0.15) is 11.1 Å². The maximum atomic E-state index is 11.7. The normalized spacial score (nSPS) is 13.8. The molecular weight excluding hydrogens is 352 g/mol. The van der Waals surface area contributed by atoms with Gasteiger partial charge in [-0.25, -0.2) is 0 Å². The van der Waals surface area contributed by atoms with Gasteiger partial charge in [0, 0.05) is 35.9 Å². The smallest absolute Gasteiger partial charge is 0.142 e. The van der Waals surface area contributed by atoms with Gasteiger partial charge in [-0.05, 0) is 29.3 Å². The van der Waals surface area contributed by atoms with Crippen molar-refractivity contribution in [2.75, 3.05) is 6.54 Å². The third kappa shape index (κ3) is 3.74. The molecule has 7 nitrogen and oxygen atoms in total. The fraction of sp³-hybridized carbons (Fsp3) is 0.143. The predicted molar refractivity (Wildman–Crippen MR) is 110 cm³/mol. The van der Waals surface area contributed by atoms with E-state index in [2.05, 4.69) is 25.5 Å². The molecule has 4 N–H and O–H groups in total. The van der Waals surface area contributed by atoms with Crippen LogP contribution in [-0.2, 0) is 11.2 Å². The largest absolute Gasteiger partial charge is 0.361 e. The van der Waals surface area contributed by atoms with E-state index >= 15 is 0 Å². The number of aromatic nitrogens is 3. The molecule has 28 heavy (non-hydrogen) atoms. The van der Waals surface area contributed by atoms with E-state index in [4.69, 9.17) is 5.73 Å². The van der Waals surface area contributed by atoms with E-state index in [0.717, 1.165) is 39.3 Å². The second kappa shape index (κ2) is 7.58. The summed E-state index contributed by atoms with van der Waals surface area (Å²) >= 11 is 0. The van der Waals surface area contributed by atoms with E-state index in [0.29, 0.717) is 6.42 Å². The van der Waals surface area contributed by atoms with Gasteiger partial charge in [-0.15, -0.1) is 0 Å². The van der Waals surface area contributed by atoms with Crippen molar-refractivity contribution in [3.05, 3.63) is 72.2 Å². The summed E-state index contributed by atoms with van der Waals surface area (Å²) in [6, 6.07) is 13.6. The average molecular weight is 372 g/mol. The second-order valence-electron chi connectivity index (χ2n) is 6.78. The van der Waals surface area contributed by atoms with Crippen LogP contribution < -0.4 is 11.2 Å². The molecule has 4 aromatic rings. The van der Waals surface area contributed by atoms with Gasteiger partial charge >= 0.3 is 0 Å². The summed E-state index contributed by atoms with van der Waals surface area (Å²) in [5.74, 6) is 0. The van der Waals surface area contributed by atoms with E-state index in [-0.39, 0.29) is 6.54 Å². The molecule has 0 aliphatic carbocycles. The maximum absolute atomic E-state index is 11.7. The minimum Gasteiger partial charge on any atom is -0.361 e. The third-order valence-electron chi connectivity index (χ3n) is 4.64. The number of H-pyrrole nitrogens is 1. The number of hydrazone groups is 1. The van der Waals surface area contributed by atoms with E-state index in [9.17, 15) is 4.79 Å². The molecule has 0 aliphatic rings. The second-order valence-corrected chi connectivity index (χ2v) is 6.78. The molecule has 0 saturated carbocycles. The summed E-state index contributed by atoms with van der Waals surface area (Å²) < 4.78 is 0. The Bertz CT molecular complexity index is 1150. The molecule has 2 aromatic carbocycles. The molecule has 0 bridgehead atoms. The summed E-state index contributed by atoms with van der Waals surface area (Å²) in [5.41, 5.74) is 12.7. The third-order valence-corrected chi connectivity index (χ3v) is 4.64. The van der Waals surface area contributed by atoms with Crippen LogP contribution >= 0.6 is 0 Å². The van der Waals surface area contributed by atoms with Crippen LogP contribution in [0.3, 0.4) is 0 Å². The Morgan fingerprint density at radius 1 is 1.14 bits per heavy atom. The van der Waals surface area contributed by atoms with Crippen molar-refractivity contribution >= 4 is 34.4 Å². The summed E-state index contributed by atoms with van der Waals surface area (Å²) in [4.78, 5) is 23.4. The average Bonchev–Trinajstić information content (AvgIpc) is 3.14. The maximum Gasteiger partial charge on any atom is 0.142 e. The molecule has 0 spiro atoms. The van der Waals surface area contributed by atoms with Gasteiger partial charge in [0.25, 0.3) is 0 Å². The van der Waals surface area contributed by atoms with Gasteiger partial charge in [-0.3, -0.25) is 9.97 Å². The quantitative estimate of drug-likeness (QED) is 0.262. The summed E-state index contributed by atoms with van der Waals surface area (Å²) in [6.45, 7) is 0.222. The first kappa shape index (κ1) is 17.8. The molecule has 2 heterocycles. The molecule has 140 valence electrons. The van der Waals surface area contributed by atoms with Crippen LogP contribution in [0.5, 0.6) is 0 Å². The number of aromatic amines is 1. The summed E-state index contributed by atoms with van der Waals surface area (Å²) in [6.07, 6.45) is 8.07. The van der Waals surface area contributed by atoms with Gasteiger partial charge in [0.15, 0.2) is 0 Å². The molecular formula is C21H20N6O. The van der Waals surface area contributed by atoms with Crippen molar-refractivity contribution in [1.29, 1.82) is 0 Å². The van der Waals surface area contributed by atoms with Gasteiger partial charge < -0.3 is 20.9 Å². The van der Waals surface area contributed by atoms with Crippen LogP contribution in [0.25, 0.3) is 21.9 Å². The molecule has 2 aromatic heterocycles. The van der Waals surface area contributed by atoms with E-state index < -0.39 is 5.54 Å². The minimum absolute atomic E-state index is 0.222. The van der Waals surface area contributed by atoms with Crippen molar-refractivity contribution in [3.8, 4) is 0 Å². The summed E-state index contributed by atoms with van der Waals surface area (Å²) in [7, 11) is 0. The van der Waals surface area contributed by atoms with Crippen molar-refractivity contribution < 1.29 is 4.79 Å². The predicted octanol–water partition coefficient (Wildman–Crippen LogP) is 2.17. The lowest BCUT2D eigenvalue weighted by Gasteiger charge is -2.22. The zero-order valence-electron chi connectivity index (χ0n) is 15.2. The van der Waals surface area contributed by atoms with Crippen LogP contribution in [0.15, 0.2) is 66.2 Å². The Hall–Kier alpha value is -3.58. The highest BCUT2D eigenvalue weighted by Gasteiger charge is 2.25. The topological polar surface area (TPSA) is 109 Å². The van der Waals surface area contributed by atoms with E-state index in [1.54, 1.807) is 18.6 Å². The number of benzene rings is 2. The number of rotatable bonds is 7. The van der Waals surface area contributed by atoms with Crippen molar-refractivity contribution in [1.82, 2.24) is 20.4 Å². The lowest BCUT2D eigenvalue weighted by molar-refractivity contribution is -0.112. The van der Waals surface area contributed by atoms with Crippen molar-refractivity contribution in [2.24, 2.45) is 10.8 Å². The monoisotopic (exact) mass is 372 g/mol. The minimum atomic E-state index is -1.06. The zero-order valence-corrected chi connectivity index (χ0v) is 15.2. The van der Waals surface area contributed by atoms with Gasteiger partial charge in [-0.2, -0.15) is 5.10 Å². The number of fused-ring (bicyclic) bond motifs is 2. The Morgan fingerprint density at radius 2 is 1.96 bits per heavy atom. The molecule has 0 radical (unpaired) electrons.